The van der Waals surface area contributed by atoms with Crippen molar-refractivity contribution in [1.82, 2.24) is 4.31 Å². The van der Waals surface area contributed by atoms with Gasteiger partial charge in [-0.05, 0) is 37.5 Å². The van der Waals surface area contributed by atoms with Gasteiger partial charge in [-0.1, -0.05) is 23.2 Å². The summed E-state index contributed by atoms with van der Waals surface area (Å²) in [6.07, 6.45) is 0.783. The molecule has 2 N–H and O–H groups in total. The molecular formula is C12H17Cl3N2O2S. The Balaban J connectivity index is 0.00000200. The number of nitrogens with two attached hydrogens (primary N) is 1. The summed E-state index contributed by atoms with van der Waals surface area (Å²) in [5.41, 5.74) is 5.83. The summed E-state index contributed by atoms with van der Waals surface area (Å²) in [4.78, 5) is 0.135. The maximum Gasteiger partial charge on any atom is 0.243 e. The van der Waals surface area contributed by atoms with Crippen LogP contribution in [0.15, 0.2) is 23.1 Å². The van der Waals surface area contributed by atoms with Crippen molar-refractivity contribution >= 4 is 45.6 Å². The molecule has 0 spiro atoms. The molecule has 0 aliphatic carbocycles. The van der Waals surface area contributed by atoms with Gasteiger partial charge in [0.15, 0.2) is 0 Å². The summed E-state index contributed by atoms with van der Waals surface area (Å²) < 4.78 is 26.4. The second-order valence-corrected chi connectivity index (χ2v) is 7.69. The molecule has 0 bridgehead atoms. The van der Waals surface area contributed by atoms with E-state index in [4.69, 9.17) is 28.9 Å². The second kappa shape index (κ2) is 6.81. The van der Waals surface area contributed by atoms with Gasteiger partial charge in [0.05, 0.1) is 4.90 Å². The number of benzene rings is 1. The van der Waals surface area contributed by atoms with Crippen molar-refractivity contribution in [3.8, 4) is 0 Å². The lowest BCUT2D eigenvalue weighted by molar-refractivity contribution is 0.429. The Bertz CT molecular complexity index is 558. The van der Waals surface area contributed by atoms with Gasteiger partial charge < -0.3 is 5.73 Å². The Kier molecular flexibility index (Phi) is 6.14. The van der Waals surface area contributed by atoms with Crippen LogP contribution in [-0.4, -0.2) is 31.9 Å². The monoisotopic (exact) mass is 358 g/mol. The zero-order valence-electron chi connectivity index (χ0n) is 10.9. The van der Waals surface area contributed by atoms with Crippen LogP contribution in [0.4, 0.5) is 0 Å². The number of sulfonamides is 1. The van der Waals surface area contributed by atoms with E-state index in [0.717, 1.165) is 6.42 Å². The van der Waals surface area contributed by atoms with E-state index < -0.39 is 10.0 Å². The lowest BCUT2D eigenvalue weighted by Gasteiger charge is -2.18. The van der Waals surface area contributed by atoms with E-state index in [0.29, 0.717) is 23.1 Å². The predicted molar refractivity (Wildman–Crippen MR) is 84.2 cm³/mol. The topological polar surface area (TPSA) is 63.4 Å². The third kappa shape index (κ3) is 3.78. The van der Waals surface area contributed by atoms with Gasteiger partial charge in [-0.3, -0.25) is 0 Å². The van der Waals surface area contributed by atoms with Crippen LogP contribution in [0.25, 0.3) is 0 Å². The largest absolute Gasteiger partial charge is 0.328 e. The fourth-order valence-corrected chi connectivity index (χ4v) is 4.47. The molecule has 0 aromatic heterocycles. The molecule has 0 saturated carbocycles. The number of hydrogen-bond donors (Lipinski definition) is 1. The molecule has 114 valence electrons. The van der Waals surface area contributed by atoms with Gasteiger partial charge in [0.2, 0.25) is 10.0 Å². The third-order valence-corrected chi connectivity index (χ3v) is 5.68. The molecule has 1 heterocycles. The lowest BCUT2D eigenvalue weighted by Crippen LogP contribution is -2.33. The molecule has 1 aromatic rings. The summed E-state index contributed by atoms with van der Waals surface area (Å²) >= 11 is 11.7. The number of hydrogen-bond acceptors (Lipinski definition) is 3. The van der Waals surface area contributed by atoms with Gasteiger partial charge in [0.25, 0.3) is 0 Å². The smallest absolute Gasteiger partial charge is 0.243 e. The van der Waals surface area contributed by atoms with Crippen molar-refractivity contribution in [2.45, 2.75) is 24.3 Å². The van der Waals surface area contributed by atoms with Gasteiger partial charge in [-0.25, -0.2) is 8.42 Å². The fourth-order valence-electron chi connectivity index (χ4n) is 2.23. The normalized spacial score (nSPS) is 21.5. The molecule has 2 rings (SSSR count). The molecular weight excluding hydrogens is 343 g/mol. The molecule has 8 heteroatoms. The van der Waals surface area contributed by atoms with E-state index in [1.807, 2.05) is 6.92 Å². The van der Waals surface area contributed by atoms with Gasteiger partial charge in [-0.2, -0.15) is 4.31 Å². The van der Waals surface area contributed by atoms with Crippen molar-refractivity contribution < 1.29 is 8.42 Å². The fraction of sp³-hybridized carbons (Fsp3) is 0.500. The van der Waals surface area contributed by atoms with Crippen molar-refractivity contribution in [2.24, 2.45) is 11.7 Å². The van der Waals surface area contributed by atoms with Crippen LogP contribution < -0.4 is 5.73 Å². The highest BCUT2D eigenvalue weighted by Crippen LogP contribution is 2.29. The first kappa shape index (κ1) is 18.0. The standard InChI is InChI=1S/C12H16Cl2N2O2S.ClH/c1-8(15)9-2-3-16(7-9)19(17,18)12-5-10(13)4-11(14)6-12;/h4-6,8-9H,2-3,7,15H2,1H3;1H. The van der Waals surface area contributed by atoms with E-state index in [2.05, 4.69) is 0 Å². The Morgan fingerprint density at radius 3 is 2.30 bits per heavy atom. The molecule has 1 aliphatic rings. The van der Waals surface area contributed by atoms with Gasteiger partial charge in [0.1, 0.15) is 0 Å². The zero-order chi connectivity index (χ0) is 14.2. The molecule has 1 aliphatic heterocycles. The van der Waals surface area contributed by atoms with Crippen molar-refractivity contribution in [3.05, 3.63) is 28.2 Å². The van der Waals surface area contributed by atoms with E-state index in [9.17, 15) is 8.42 Å². The molecule has 0 radical (unpaired) electrons. The summed E-state index contributed by atoms with van der Waals surface area (Å²) in [5, 5.41) is 0.628. The number of nitrogens with zero attached hydrogens (tertiary/aromatic N) is 1. The summed E-state index contributed by atoms with van der Waals surface area (Å²) in [6.45, 7) is 2.83. The van der Waals surface area contributed by atoms with E-state index in [1.165, 1.54) is 22.5 Å². The quantitative estimate of drug-likeness (QED) is 0.902. The van der Waals surface area contributed by atoms with E-state index in [1.54, 1.807) is 0 Å². The van der Waals surface area contributed by atoms with Gasteiger partial charge in [0, 0.05) is 29.2 Å². The lowest BCUT2D eigenvalue weighted by atomic mass is 10.0. The maximum absolute atomic E-state index is 12.5. The molecule has 0 amide bonds. The maximum atomic E-state index is 12.5. The molecule has 4 nitrogen and oxygen atoms in total. The Hall–Kier alpha value is -0.0400. The Morgan fingerprint density at radius 2 is 1.85 bits per heavy atom. The minimum atomic E-state index is -3.54. The first-order valence-electron chi connectivity index (χ1n) is 6.02. The third-order valence-electron chi connectivity index (χ3n) is 3.40. The highest BCUT2D eigenvalue weighted by molar-refractivity contribution is 7.89. The zero-order valence-corrected chi connectivity index (χ0v) is 14.1. The summed E-state index contributed by atoms with van der Waals surface area (Å²) in [6, 6.07) is 4.34. The average Bonchev–Trinajstić information content (AvgIpc) is 2.77. The van der Waals surface area contributed by atoms with Crippen LogP contribution in [0, 0.1) is 5.92 Å². The van der Waals surface area contributed by atoms with Crippen LogP contribution in [0.5, 0.6) is 0 Å². The second-order valence-electron chi connectivity index (χ2n) is 4.88. The van der Waals surface area contributed by atoms with Crippen molar-refractivity contribution in [1.29, 1.82) is 0 Å². The molecule has 2 unspecified atom stereocenters. The van der Waals surface area contributed by atoms with Crippen LogP contribution in [0.2, 0.25) is 10.0 Å². The molecule has 2 atom stereocenters. The summed E-state index contributed by atoms with van der Waals surface area (Å²) in [5.74, 6) is 0.199. The van der Waals surface area contributed by atoms with Crippen LogP contribution in [-0.2, 0) is 10.0 Å². The van der Waals surface area contributed by atoms with Crippen LogP contribution in [0.1, 0.15) is 13.3 Å². The Labute approximate surface area is 135 Å². The van der Waals surface area contributed by atoms with Crippen LogP contribution >= 0.6 is 35.6 Å². The average molecular weight is 360 g/mol. The molecule has 1 fully saturated rings. The van der Waals surface area contributed by atoms with Crippen molar-refractivity contribution in [3.63, 3.8) is 0 Å². The number of halogens is 3. The minimum Gasteiger partial charge on any atom is -0.328 e. The minimum absolute atomic E-state index is 0. The van der Waals surface area contributed by atoms with Crippen LogP contribution in [0.3, 0.4) is 0 Å². The van der Waals surface area contributed by atoms with Crippen molar-refractivity contribution in [2.75, 3.05) is 13.1 Å². The first-order valence-corrected chi connectivity index (χ1v) is 8.22. The Morgan fingerprint density at radius 1 is 1.30 bits per heavy atom. The molecule has 1 saturated heterocycles. The van der Waals surface area contributed by atoms with Gasteiger partial charge in [-0.15, -0.1) is 12.4 Å². The predicted octanol–water partition coefficient (Wildman–Crippen LogP) is 2.77. The molecule has 20 heavy (non-hydrogen) atoms. The van der Waals surface area contributed by atoms with E-state index in [-0.39, 0.29) is 29.3 Å². The van der Waals surface area contributed by atoms with E-state index >= 15 is 0 Å². The molecule has 1 aromatic carbocycles. The summed E-state index contributed by atoms with van der Waals surface area (Å²) in [7, 11) is -3.54. The highest BCUT2D eigenvalue weighted by Gasteiger charge is 2.34. The number of rotatable bonds is 3. The highest BCUT2D eigenvalue weighted by atomic mass is 35.5. The SMILES string of the molecule is CC(N)C1CCN(S(=O)(=O)c2cc(Cl)cc(Cl)c2)C1.Cl. The first-order chi connectivity index (χ1) is 8.80. The van der Waals surface area contributed by atoms with Gasteiger partial charge >= 0.3 is 0 Å².